The molecule has 1 heterocycles. The number of ether oxygens (including phenoxy) is 1. The van der Waals surface area contributed by atoms with Crippen LogP contribution < -0.4 is 9.64 Å². The summed E-state index contributed by atoms with van der Waals surface area (Å²) in [6.07, 6.45) is -0.780. The molecule has 1 amide bonds. The molecule has 3 aromatic carbocycles. The van der Waals surface area contributed by atoms with Gasteiger partial charge >= 0.3 is 0 Å². The van der Waals surface area contributed by atoms with E-state index in [9.17, 15) is 9.90 Å². The van der Waals surface area contributed by atoms with E-state index in [0.717, 1.165) is 38.9 Å². The van der Waals surface area contributed by atoms with Crippen LogP contribution in [0.15, 0.2) is 48.5 Å². The van der Waals surface area contributed by atoms with E-state index in [1.165, 1.54) is 0 Å². The highest BCUT2D eigenvalue weighted by Crippen LogP contribution is 2.37. The largest absolute Gasteiger partial charge is 0.490 e. The van der Waals surface area contributed by atoms with Gasteiger partial charge < -0.3 is 14.7 Å². The molecule has 0 aliphatic carbocycles. The molecule has 0 fully saturated rings. The predicted molar refractivity (Wildman–Crippen MR) is 108 cm³/mol. The van der Waals surface area contributed by atoms with Gasteiger partial charge in [0.1, 0.15) is 18.5 Å². The molecule has 1 unspecified atom stereocenters. The van der Waals surface area contributed by atoms with Crippen molar-refractivity contribution in [3.63, 3.8) is 0 Å². The molecule has 4 rings (SSSR count). The van der Waals surface area contributed by atoms with Crippen LogP contribution >= 0.6 is 0 Å². The number of hydrogen-bond donors (Lipinski definition) is 1. The molecule has 27 heavy (non-hydrogen) atoms. The number of aryl methyl sites for hydroxylation is 2. The molecule has 1 N–H and O–H groups in total. The summed E-state index contributed by atoms with van der Waals surface area (Å²) >= 11 is 0. The molecule has 1 aliphatic rings. The fourth-order valence-corrected chi connectivity index (χ4v) is 3.75. The van der Waals surface area contributed by atoms with E-state index in [4.69, 9.17) is 4.74 Å². The van der Waals surface area contributed by atoms with Crippen LogP contribution in [0.25, 0.3) is 10.8 Å². The van der Waals surface area contributed by atoms with Crippen molar-refractivity contribution >= 4 is 22.4 Å². The number of carbonyl (C=O) groups excluding carboxylic acids is 1. The Hall–Kier alpha value is -2.85. The Morgan fingerprint density at radius 1 is 1.00 bits per heavy atom. The first-order chi connectivity index (χ1) is 13.0. The minimum absolute atomic E-state index is 0.0660. The number of rotatable bonds is 5. The number of aliphatic hydroxyl groups excluding tert-OH is 1. The van der Waals surface area contributed by atoms with Gasteiger partial charge in [0.05, 0.1) is 12.2 Å². The Bertz CT molecular complexity index is 1040. The van der Waals surface area contributed by atoms with E-state index in [2.05, 4.69) is 6.07 Å². The molecular formula is C23H23NO3. The van der Waals surface area contributed by atoms with Gasteiger partial charge in [0.15, 0.2) is 0 Å². The normalized spacial score (nSPS) is 14.1. The lowest BCUT2D eigenvalue weighted by atomic mass is 10.1. The third kappa shape index (κ3) is 2.96. The molecule has 0 aromatic heterocycles. The van der Waals surface area contributed by atoms with Gasteiger partial charge in [0, 0.05) is 10.9 Å². The summed E-state index contributed by atoms with van der Waals surface area (Å²) in [6, 6.07) is 15.7. The summed E-state index contributed by atoms with van der Waals surface area (Å²) in [5, 5.41) is 12.6. The second-order valence-corrected chi connectivity index (χ2v) is 7.21. The summed E-state index contributed by atoms with van der Waals surface area (Å²) in [6.45, 7) is 6.40. The van der Waals surface area contributed by atoms with Crippen LogP contribution in [0.5, 0.6) is 5.75 Å². The predicted octanol–water partition coefficient (Wildman–Crippen LogP) is 4.17. The second kappa shape index (κ2) is 6.71. The van der Waals surface area contributed by atoms with E-state index < -0.39 is 6.10 Å². The number of carbonyl (C=O) groups is 1. The lowest BCUT2D eigenvalue weighted by Gasteiger charge is -2.22. The average Bonchev–Trinajstić information content (AvgIpc) is 2.93. The zero-order valence-corrected chi connectivity index (χ0v) is 15.8. The maximum absolute atomic E-state index is 12.8. The van der Waals surface area contributed by atoms with Crippen LogP contribution in [0.4, 0.5) is 5.69 Å². The van der Waals surface area contributed by atoms with Crippen LogP contribution in [0, 0.1) is 20.8 Å². The summed E-state index contributed by atoms with van der Waals surface area (Å²) < 4.78 is 5.92. The Labute approximate surface area is 159 Å². The van der Waals surface area contributed by atoms with Crippen molar-refractivity contribution in [2.75, 3.05) is 18.1 Å². The number of amides is 1. The number of β-amino-alcohol motifs (C(OH)–C–C–N with tert-alkyl or cyclic N) is 1. The summed E-state index contributed by atoms with van der Waals surface area (Å²) in [4.78, 5) is 14.5. The third-order valence-corrected chi connectivity index (χ3v) is 5.34. The summed E-state index contributed by atoms with van der Waals surface area (Å²) in [5.74, 6) is 0.746. The minimum Gasteiger partial charge on any atom is -0.490 e. The third-order valence-electron chi connectivity index (χ3n) is 5.34. The molecule has 0 saturated carbocycles. The smallest absolute Gasteiger partial charge is 0.259 e. The summed E-state index contributed by atoms with van der Waals surface area (Å²) in [5.41, 5.74) is 4.83. The number of nitrogens with zero attached hydrogens (tertiary/aromatic N) is 1. The van der Waals surface area contributed by atoms with Crippen molar-refractivity contribution in [1.29, 1.82) is 0 Å². The van der Waals surface area contributed by atoms with Gasteiger partial charge in [0.2, 0.25) is 0 Å². The zero-order chi connectivity index (χ0) is 19.1. The Balaban J connectivity index is 1.52. The average molecular weight is 361 g/mol. The Morgan fingerprint density at radius 3 is 2.48 bits per heavy atom. The van der Waals surface area contributed by atoms with Crippen molar-refractivity contribution < 1.29 is 14.6 Å². The SMILES string of the molecule is Cc1ccc(C)c(OCC(O)CN2C(=O)c3cccc4cccc2c34)c1C. The van der Waals surface area contributed by atoms with Crippen LogP contribution in [-0.2, 0) is 0 Å². The van der Waals surface area contributed by atoms with Gasteiger partial charge in [-0.15, -0.1) is 0 Å². The number of aliphatic hydroxyl groups is 1. The fraction of sp³-hybridized carbons (Fsp3) is 0.261. The van der Waals surface area contributed by atoms with E-state index in [1.54, 1.807) is 4.90 Å². The van der Waals surface area contributed by atoms with Gasteiger partial charge in [-0.05, 0) is 55.0 Å². The monoisotopic (exact) mass is 361 g/mol. The highest BCUT2D eigenvalue weighted by molar-refractivity contribution is 6.25. The van der Waals surface area contributed by atoms with Crippen LogP contribution in [0.2, 0.25) is 0 Å². The lowest BCUT2D eigenvalue weighted by molar-refractivity contribution is 0.0911. The van der Waals surface area contributed by atoms with E-state index >= 15 is 0 Å². The maximum atomic E-state index is 12.8. The quantitative estimate of drug-likeness (QED) is 0.742. The van der Waals surface area contributed by atoms with E-state index in [-0.39, 0.29) is 19.1 Å². The fourth-order valence-electron chi connectivity index (χ4n) is 3.75. The standard InChI is InChI=1S/C23H23NO3/c1-14-10-11-15(2)22(16(14)3)27-13-18(25)12-24-20-9-5-7-17-6-4-8-19(21(17)20)23(24)26/h4-11,18,25H,12-13H2,1-3H3. The highest BCUT2D eigenvalue weighted by Gasteiger charge is 2.30. The first kappa shape index (κ1) is 17.6. The van der Waals surface area contributed by atoms with Crippen molar-refractivity contribution in [2.24, 2.45) is 0 Å². The van der Waals surface area contributed by atoms with E-state index in [1.807, 2.05) is 63.2 Å². The van der Waals surface area contributed by atoms with Gasteiger partial charge in [0.25, 0.3) is 5.91 Å². The molecular weight excluding hydrogens is 338 g/mol. The first-order valence-corrected chi connectivity index (χ1v) is 9.18. The van der Waals surface area contributed by atoms with Crippen LogP contribution in [0.3, 0.4) is 0 Å². The molecule has 0 saturated heterocycles. The zero-order valence-electron chi connectivity index (χ0n) is 15.8. The van der Waals surface area contributed by atoms with Crippen molar-refractivity contribution in [3.05, 3.63) is 70.8 Å². The topological polar surface area (TPSA) is 49.8 Å². The second-order valence-electron chi connectivity index (χ2n) is 7.21. The molecule has 3 aromatic rings. The first-order valence-electron chi connectivity index (χ1n) is 9.18. The molecule has 1 aliphatic heterocycles. The van der Waals surface area contributed by atoms with Gasteiger partial charge in [-0.25, -0.2) is 0 Å². The van der Waals surface area contributed by atoms with Crippen molar-refractivity contribution in [2.45, 2.75) is 26.9 Å². The van der Waals surface area contributed by atoms with Crippen LogP contribution in [0.1, 0.15) is 27.0 Å². The van der Waals surface area contributed by atoms with Crippen LogP contribution in [-0.4, -0.2) is 30.3 Å². The molecule has 1 atom stereocenters. The highest BCUT2D eigenvalue weighted by atomic mass is 16.5. The number of hydrogen-bond acceptors (Lipinski definition) is 3. The molecule has 0 radical (unpaired) electrons. The van der Waals surface area contributed by atoms with Gasteiger partial charge in [-0.3, -0.25) is 4.79 Å². The lowest BCUT2D eigenvalue weighted by Crippen LogP contribution is -2.37. The van der Waals surface area contributed by atoms with Crippen molar-refractivity contribution in [1.82, 2.24) is 0 Å². The number of anilines is 1. The van der Waals surface area contributed by atoms with Crippen molar-refractivity contribution in [3.8, 4) is 5.75 Å². The van der Waals surface area contributed by atoms with E-state index in [0.29, 0.717) is 5.56 Å². The molecule has 4 nitrogen and oxygen atoms in total. The molecule has 4 heteroatoms. The Kier molecular flexibility index (Phi) is 4.36. The molecule has 138 valence electrons. The Morgan fingerprint density at radius 2 is 1.70 bits per heavy atom. The van der Waals surface area contributed by atoms with Gasteiger partial charge in [-0.1, -0.05) is 36.4 Å². The molecule has 0 spiro atoms. The van der Waals surface area contributed by atoms with Gasteiger partial charge in [-0.2, -0.15) is 0 Å². The maximum Gasteiger partial charge on any atom is 0.259 e. The molecule has 0 bridgehead atoms. The summed E-state index contributed by atoms with van der Waals surface area (Å²) in [7, 11) is 0. The number of benzene rings is 3. The minimum atomic E-state index is -0.780.